The molecule has 0 radical (unpaired) electrons. The van der Waals surface area contributed by atoms with E-state index in [0.29, 0.717) is 29.1 Å². The second-order valence-corrected chi connectivity index (χ2v) is 12.0. The Bertz CT molecular complexity index is 618. The minimum Gasteiger partial charge on any atom is -0.390 e. The second-order valence-electron chi connectivity index (χ2n) is 12.0. The predicted octanol–water partition coefficient (Wildman–Crippen LogP) is 7.37. The molecule has 168 valence electrons. The first-order chi connectivity index (χ1) is 13.4. The molecule has 4 fully saturated rings. The van der Waals surface area contributed by atoms with E-state index >= 15 is 0 Å². The van der Waals surface area contributed by atoms with E-state index < -0.39 is 18.2 Å². The van der Waals surface area contributed by atoms with Gasteiger partial charge in [0.25, 0.3) is 0 Å². The van der Waals surface area contributed by atoms with Gasteiger partial charge in [-0.1, -0.05) is 27.7 Å². The summed E-state index contributed by atoms with van der Waals surface area (Å²) in [5.41, 5.74) is -0.0547. The second kappa shape index (κ2) is 7.14. The Labute approximate surface area is 175 Å². The van der Waals surface area contributed by atoms with Gasteiger partial charge in [-0.05, 0) is 111 Å². The van der Waals surface area contributed by atoms with Gasteiger partial charge in [0, 0.05) is 6.42 Å². The molecule has 0 aromatic rings. The topological polar surface area (TPSA) is 20.2 Å². The van der Waals surface area contributed by atoms with Crippen LogP contribution in [0, 0.1) is 46.3 Å². The summed E-state index contributed by atoms with van der Waals surface area (Å²) in [7, 11) is 0. The van der Waals surface area contributed by atoms with E-state index in [1.807, 2.05) is 6.92 Å². The van der Waals surface area contributed by atoms with Gasteiger partial charge in [0.15, 0.2) is 0 Å². The lowest BCUT2D eigenvalue weighted by atomic mass is 9.43. The number of rotatable bonds is 3. The molecule has 0 saturated heterocycles. The molecular formula is C25H41F3O. The highest BCUT2D eigenvalue weighted by atomic mass is 19.4. The molecule has 0 aromatic carbocycles. The van der Waals surface area contributed by atoms with Crippen molar-refractivity contribution < 1.29 is 18.3 Å². The van der Waals surface area contributed by atoms with Crippen LogP contribution in [0.15, 0.2) is 0 Å². The summed E-state index contributed by atoms with van der Waals surface area (Å²) in [6, 6.07) is 0. The van der Waals surface area contributed by atoms with Gasteiger partial charge in [0.05, 0.1) is 5.60 Å². The third-order valence-electron chi connectivity index (χ3n) is 10.8. The van der Waals surface area contributed by atoms with Gasteiger partial charge in [-0.3, -0.25) is 0 Å². The number of aliphatic hydroxyl groups is 1. The molecule has 4 heteroatoms. The first kappa shape index (κ1) is 22.0. The Morgan fingerprint density at radius 2 is 1.62 bits per heavy atom. The zero-order valence-corrected chi connectivity index (χ0v) is 18.8. The van der Waals surface area contributed by atoms with Crippen molar-refractivity contribution in [3.8, 4) is 0 Å². The lowest BCUT2D eigenvalue weighted by molar-refractivity contribution is -0.163. The highest BCUT2D eigenvalue weighted by molar-refractivity contribution is 5.10. The fourth-order valence-corrected chi connectivity index (χ4v) is 9.13. The molecule has 0 aliphatic heterocycles. The van der Waals surface area contributed by atoms with E-state index in [9.17, 15) is 18.3 Å². The summed E-state index contributed by atoms with van der Waals surface area (Å²) in [6.07, 6.45) is 6.02. The minimum atomic E-state index is -4.05. The summed E-state index contributed by atoms with van der Waals surface area (Å²) < 4.78 is 39.3. The molecule has 1 N–H and O–H groups in total. The lowest BCUT2D eigenvalue weighted by Crippen LogP contribution is -2.56. The normalized spacial score (nSPS) is 51.1. The molecule has 0 aromatic heterocycles. The summed E-state index contributed by atoms with van der Waals surface area (Å²) in [4.78, 5) is 0. The van der Waals surface area contributed by atoms with Gasteiger partial charge in [-0.25, -0.2) is 0 Å². The molecule has 4 aliphatic rings. The van der Waals surface area contributed by atoms with Crippen LogP contribution >= 0.6 is 0 Å². The Balaban J connectivity index is 1.53. The third kappa shape index (κ3) is 3.57. The maximum atomic E-state index is 13.1. The molecule has 0 amide bonds. The van der Waals surface area contributed by atoms with Crippen molar-refractivity contribution in [3.05, 3.63) is 0 Å². The number of hydrogen-bond donors (Lipinski definition) is 1. The highest BCUT2D eigenvalue weighted by Gasteiger charge is 2.61. The maximum absolute atomic E-state index is 13.1. The molecule has 4 rings (SSSR count). The van der Waals surface area contributed by atoms with Crippen LogP contribution in [-0.4, -0.2) is 16.9 Å². The molecule has 0 spiro atoms. The standard InChI is InChI=1S/C25H41F3O/c1-5-24(29)13-12-22(3)17(15-24)6-7-18-20-9-8-19(16(2)14-25(26,27)28)23(20,4)11-10-21(18)22/h16-21,29H,5-15H2,1-4H3/t16-,17?,18?,19?,20?,21?,22?,23?,24+/m1/s1. The zero-order valence-electron chi connectivity index (χ0n) is 18.8. The molecule has 9 atom stereocenters. The smallest absolute Gasteiger partial charge is 0.389 e. The van der Waals surface area contributed by atoms with Crippen LogP contribution in [0.1, 0.15) is 98.3 Å². The van der Waals surface area contributed by atoms with E-state index in [-0.39, 0.29) is 17.3 Å². The van der Waals surface area contributed by atoms with Crippen LogP contribution < -0.4 is 0 Å². The monoisotopic (exact) mass is 414 g/mol. The van der Waals surface area contributed by atoms with Gasteiger partial charge in [-0.15, -0.1) is 0 Å². The average molecular weight is 415 g/mol. The highest BCUT2D eigenvalue weighted by Crippen LogP contribution is 2.69. The van der Waals surface area contributed by atoms with Crippen molar-refractivity contribution in [1.29, 1.82) is 0 Å². The third-order valence-corrected chi connectivity index (χ3v) is 10.8. The number of alkyl halides is 3. The summed E-state index contributed by atoms with van der Waals surface area (Å²) >= 11 is 0. The molecule has 1 nitrogen and oxygen atoms in total. The minimum absolute atomic E-state index is 0.0911. The summed E-state index contributed by atoms with van der Waals surface area (Å²) in [6.45, 7) is 8.79. The van der Waals surface area contributed by atoms with Crippen LogP contribution in [0.2, 0.25) is 0 Å². The number of halogens is 3. The van der Waals surface area contributed by atoms with Gasteiger partial charge >= 0.3 is 6.18 Å². The Morgan fingerprint density at radius 1 is 0.931 bits per heavy atom. The van der Waals surface area contributed by atoms with E-state index in [4.69, 9.17) is 0 Å². The molecular weight excluding hydrogens is 373 g/mol. The Kier molecular flexibility index (Phi) is 5.40. The molecule has 4 aliphatic carbocycles. The van der Waals surface area contributed by atoms with E-state index in [1.54, 1.807) is 0 Å². The van der Waals surface area contributed by atoms with Gasteiger partial charge < -0.3 is 5.11 Å². The van der Waals surface area contributed by atoms with Crippen molar-refractivity contribution in [1.82, 2.24) is 0 Å². The fourth-order valence-electron chi connectivity index (χ4n) is 9.13. The average Bonchev–Trinajstić information content (AvgIpc) is 2.98. The zero-order chi connectivity index (χ0) is 21.2. The summed E-state index contributed by atoms with van der Waals surface area (Å²) in [5.74, 6) is 2.57. The van der Waals surface area contributed by atoms with E-state index in [1.165, 1.54) is 19.3 Å². The van der Waals surface area contributed by atoms with Crippen molar-refractivity contribution in [3.63, 3.8) is 0 Å². The van der Waals surface area contributed by atoms with Crippen molar-refractivity contribution in [2.75, 3.05) is 0 Å². The van der Waals surface area contributed by atoms with Crippen LogP contribution in [0.25, 0.3) is 0 Å². The van der Waals surface area contributed by atoms with Crippen LogP contribution in [0.5, 0.6) is 0 Å². The first-order valence-corrected chi connectivity index (χ1v) is 12.2. The van der Waals surface area contributed by atoms with Gasteiger partial charge in [0.2, 0.25) is 0 Å². The largest absolute Gasteiger partial charge is 0.390 e. The molecule has 0 heterocycles. The van der Waals surface area contributed by atoms with E-state index in [2.05, 4.69) is 20.8 Å². The Hall–Kier alpha value is -0.250. The quantitative estimate of drug-likeness (QED) is 0.511. The van der Waals surface area contributed by atoms with Crippen molar-refractivity contribution >= 4 is 0 Å². The first-order valence-electron chi connectivity index (χ1n) is 12.2. The van der Waals surface area contributed by atoms with Crippen LogP contribution in [0.4, 0.5) is 13.2 Å². The van der Waals surface area contributed by atoms with Crippen LogP contribution in [-0.2, 0) is 0 Å². The SMILES string of the molecule is CC[C@]1(O)CCC2(C)C(CCC3C2CCC2(C)C3CCC2[C@H](C)CC(F)(F)F)C1. The van der Waals surface area contributed by atoms with Gasteiger partial charge in [-0.2, -0.15) is 13.2 Å². The molecule has 4 saturated carbocycles. The lowest BCUT2D eigenvalue weighted by Gasteiger charge is -2.62. The summed E-state index contributed by atoms with van der Waals surface area (Å²) in [5, 5.41) is 10.9. The van der Waals surface area contributed by atoms with Crippen molar-refractivity contribution in [2.45, 2.75) is 110 Å². The van der Waals surface area contributed by atoms with Crippen molar-refractivity contribution in [2.24, 2.45) is 46.3 Å². The maximum Gasteiger partial charge on any atom is 0.389 e. The van der Waals surface area contributed by atoms with Crippen LogP contribution in [0.3, 0.4) is 0 Å². The molecule has 0 bridgehead atoms. The molecule has 7 unspecified atom stereocenters. The number of hydrogen-bond acceptors (Lipinski definition) is 1. The molecule has 29 heavy (non-hydrogen) atoms. The van der Waals surface area contributed by atoms with E-state index in [0.717, 1.165) is 44.9 Å². The predicted molar refractivity (Wildman–Crippen MR) is 110 cm³/mol. The number of fused-ring (bicyclic) bond motifs is 5. The Morgan fingerprint density at radius 3 is 2.28 bits per heavy atom. The van der Waals surface area contributed by atoms with Gasteiger partial charge in [0.1, 0.15) is 0 Å². The fraction of sp³-hybridized carbons (Fsp3) is 1.00.